The molecule has 2 aromatic rings. The van der Waals surface area contributed by atoms with Crippen molar-refractivity contribution in [3.63, 3.8) is 0 Å². The van der Waals surface area contributed by atoms with E-state index in [-0.39, 0.29) is 5.89 Å². The van der Waals surface area contributed by atoms with Gasteiger partial charge in [0.1, 0.15) is 5.52 Å². The summed E-state index contributed by atoms with van der Waals surface area (Å²) in [5.74, 6) is -1.58. The molecule has 6 heteroatoms. The number of aliphatic carboxylic acids is 1. The second-order valence-electron chi connectivity index (χ2n) is 3.19. The van der Waals surface area contributed by atoms with E-state index in [1.807, 2.05) is 6.07 Å². The lowest BCUT2D eigenvalue weighted by Gasteiger charge is -1.97. The molecule has 1 heterocycles. The smallest absolute Gasteiger partial charge is 0.342 e. The second-order valence-corrected chi connectivity index (χ2v) is 3.75. The van der Waals surface area contributed by atoms with E-state index in [9.17, 15) is 9.90 Å². The average Bonchev–Trinajstić information content (AvgIpc) is 2.70. The SMILES string of the molecule is O=C(O)C(O)c1nc2cccc(CBr)c2o1. The molecule has 0 aliphatic carbocycles. The Labute approximate surface area is 98.8 Å². The van der Waals surface area contributed by atoms with Gasteiger partial charge in [-0.2, -0.15) is 0 Å². The molecule has 0 aliphatic heterocycles. The Kier molecular flexibility index (Phi) is 2.93. The fourth-order valence-electron chi connectivity index (χ4n) is 1.35. The predicted molar refractivity (Wildman–Crippen MR) is 59.2 cm³/mol. The van der Waals surface area contributed by atoms with E-state index in [1.54, 1.807) is 12.1 Å². The summed E-state index contributed by atoms with van der Waals surface area (Å²) in [5, 5.41) is 18.5. The van der Waals surface area contributed by atoms with Crippen LogP contribution in [0.5, 0.6) is 0 Å². The lowest BCUT2D eigenvalue weighted by molar-refractivity contribution is -0.148. The Hall–Kier alpha value is -1.40. The number of rotatable bonds is 3. The normalized spacial score (nSPS) is 12.9. The van der Waals surface area contributed by atoms with E-state index < -0.39 is 12.1 Å². The van der Waals surface area contributed by atoms with Gasteiger partial charge < -0.3 is 14.6 Å². The van der Waals surface area contributed by atoms with Gasteiger partial charge in [-0.3, -0.25) is 0 Å². The van der Waals surface area contributed by atoms with Crippen molar-refractivity contribution in [3.8, 4) is 0 Å². The van der Waals surface area contributed by atoms with E-state index in [2.05, 4.69) is 20.9 Å². The van der Waals surface area contributed by atoms with Crippen molar-refractivity contribution >= 4 is 33.0 Å². The Bertz CT molecular complexity index is 537. The molecule has 0 amide bonds. The third-order valence-corrected chi connectivity index (χ3v) is 2.73. The van der Waals surface area contributed by atoms with Gasteiger partial charge >= 0.3 is 5.97 Å². The summed E-state index contributed by atoms with van der Waals surface area (Å²) in [6, 6.07) is 5.32. The molecule has 1 aromatic carbocycles. The number of benzene rings is 1. The monoisotopic (exact) mass is 285 g/mol. The third-order valence-electron chi connectivity index (χ3n) is 2.12. The van der Waals surface area contributed by atoms with Gasteiger partial charge in [0.2, 0.25) is 12.0 Å². The van der Waals surface area contributed by atoms with Gasteiger partial charge in [-0.15, -0.1) is 0 Å². The summed E-state index contributed by atoms with van der Waals surface area (Å²) in [6.07, 6.45) is -1.73. The maximum absolute atomic E-state index is 10.6. The number of aromatic nitrogens is 1. The highest BCUT2D eigenvalue weighted by atomic mass is 79.9. The predicted octanol–water partition coefficient (Wildman–Crippen LogP) is 1.84. The molecule has 1 aromatic heterocycles. The Morgan fingerprint density at radius 1 is 1.56 bits per heavy atom. The molecule has 0 radical (unpaired) electrons. The Balaban J connectivity index is 2.55. The summed E-state index contributed by atoms with van der Waals surface area (Å²) in [5.41, 5.74) is 1.88. The zero-order valence-electron chi connectivity index (χ0n) is 8.05. The number of halogens is 1. The molecule has 0 bridgehead atoms. The van der Waals surface area contributed by atoms with Crippen LogP contribution in [-0.2, 0) is 10.1 Å². The van der Waals surface area contributed by atoms with Crippen LogP contribution >= 0.6 is 15.9 Å². The molecule has 0 saturated heterocycles. The van der Waals surface area contributed by atoms with Crippen LogP contribution in [0.1, 0.15) is 17.6 Å². The van der Waals surface area contributed by atoms with E-state index >= 15 is 0 Å². The minimum atomic E-state index is -1.73. The van der Waals surface area contributed by atoms with Crippen molar-refractivity contribution < 1.29 is 19.4 Å². The van der Waals surface area contributed by atoms with Crippen molar-refractivity contribution in [2.45, 2.75) is 11.4 Å². The first-order chi connectivity index (χ1) is 7.63. The standard InChI is InChI=1S/C10H8BrNO4/c11-4-5-2-1-3-6-8(5)16-9(12-6)7(13)10(14)15/h1-3,7,13H,4H2,(H,14,15). The number of carbonyl (C=O) groups is 1. The average molecular weight is 286 g/mol. The summed E-state index contributed by atoms with van der Waals surface area (Å²) >= 11 is 3.29. The topological polar surface area (TPSA) is 83.6 Å². The van der Waals surface area contributed by atoms with Crippen LogP contribution in [0.3, 0.4) is 0 Å². The van der Waals surface area contributed by atoms with Crippen molar-refractivity contribution in [1.82, 2.24) is 4.98 Å². The molecule has 84 valence electrons. The van der Waals surface area contributed by atoms with Crippen molar-refractivity contribution in [1.29, 1.82) is 0 Å². The molecule has 5 nitrogen and oxygen atoms in total. The number of carboxylic acid groups (broad SMARTS) is 1. The summed E-state index contributed by atoms with van der Waals surface area (Å²) in [4.78, 5) is 14.5. The second kappa shape index (κ2) is 4.23. The van der Waals surface area contributed by atoms with E-state index in [1.165, 1.54) is 0 Å². The van der Waals surface area contributed by atoms with Gasteiger partial charge in [-0.25, -0.2) is 9.78 Å². The molecule has 0 spiro atoms. The fraction of sp³-hybridized carbons (Fsp3) is 0.200. The van der Waals surface area contributed by atoms with Crippen molar-refractivity contribution in [3.05, 3.63) is 29.7 Å². The van der Waals surface area contributed by atoms with Crippen LogP contribution < -0.4 is 0 Å². The maximum atomic E-state index is 10.6. The summed E-state index contributed by atoms with van der Waals surface area (Å²) in [7, 11) is 0. The Morgan fingerprint density at radius 2 is 2.31 bits per heavy atom. The van der Waals surface area contributed by atoms with Crippen LogP contribution in [0, 0.1) is 0 Å². The maximum Gasteiger partial charge on any atom is 0.342 e. The van der Waals surface area contributed by atoms with Crippen molar-refractivity contribution in [2.24, 2.45) is 0 Å². The lowest BCUT2D eigenvalue weighted by atomic mass is 10.2. The molecule has 0 aliphatic rings. The van der Waals surface area contributed by atoms with E-state index in [0.717, 1.165) is 5.56 Å². The number of nitrogens with zero attached hydrogens (tertiary/aromatic N) is 1. The minimum absolute atomic E-state index is 0.198. The molecule has 16 heavy (non-hydrogen) atoms. The van der Waals surface area contributed by atoms with Crippen LogP contribution in [0.25, 0.3) is 11.1 Å². The minimum Gasteiger partial charge on any atom is -0.479 e. The largest absolute Gasteiger partial charge is 0.479 e. The molecular weight excluding hydrogens is 278 g/mol. The number of para-hydroxylation sites is 1. The molecular formula is C10H8BrNO4. The highest BCUT2D eigenvalue weighted by molar-refractivity contribution is 9.08. The number of aliphatic hydroxyl groups excluding tert-OH is 1. The van der Waals surface area contributed by atoms with E-state index in [0.29, 0.717) is 16.4 Å². The molecule has 2 N–H and O–H groups in total. The summed E-state index contributed by atoms with van der Waals surface area (Å²) in [6.45, 7) is 0. The van der Waals surface area contributed by atoms with Gasteiger partial charge in [-0.05, 0) is 6.07 Å². The molecule has 1 atom stereocenters. The van der Waals surface area contributed by atoms with Crippen molar-refractivity contribution in [2.75, 3.05) is 0 Å². The Morgan fingerprint density at radius 3 is 2.94 bits per heavy atom. The van der Waals surface area contributed by atoms with Crippen LogP contribution in [0.15, 0.2) is 22.6 Å². The van der Waals surface area contributed by atoms with Crippen LogP contribution in [0.2, 0.25) is 0 Å². The molecule has 2 rings (SSSR count). The highest BCUT2D eigenvalue weighted by Crippen LogP contribution is 2.24. The molecule has 0 saturated carbocycles. The van der Waals surface area contributed by atoms with Gasteiger partial charge in [0.05, 0.1) is 0 Å². The van der Waals surface area contributed by atoms with Gasteiger partial charge in [0.25, 0.3) is 0 Å². The first kappa shape index (κ1) is 11.1. The van der Waals surface area contributed by atoms with Crippen LogP contribution in [0.4, 0.5) is 0 Å². The molecule has 1 unspecified atom stereocenters. The number of hydrogen-bond acceptors (Lipinski definition) is 4. The lowest BCUT2D eigenvalue weighted by Crippen LogP contribution is -2.10. The van der Waals surface area contributed by atoms with Gasteiger partial charge in [0.15, 0.2) is 5.58 Å². The first-order valence-electron chi connectivity index (χ1n) is 4.48. The fourth-order valence-corrected chi connectivity index (χ4v) is 1.79. The van der Waals surface area contributed by atoms with Gasteiger partial charge in [0, 0.05) is 10.9 Å². The third kappa shape index (κ3) is 1.81. The zero-order valence-corrected chi connectivity index (χ0v) is 9.64. The number of aliphatic hydroxyl groups is 1. The number of fused-ring (bicyclic) bond motifs is 1. The van der Waals surface area contributed by atoms with E-state index in [4.69, 9.17) is 9.52 Å². The number of hydrogen-bond donors (Lipinski definition) is 2. The van der Waals surface area contributed by atoms with Gasteiger partial charge in [-0.1, -0.05) is 28.1 Å². The van der Waals surface area contributed by atoms with Crippen LogP contribution in [-0.4, -0.2) is 21.2 Å². The number of carboxylic acids is 1. The molecule has 0 fully saturated rings. The number of alkyl halides is 1. The highest BCUT2D eigenvalue weighted by Gasteiger charge is 2.22. The number of oxazole rings is 1. The zero-order chi connectivity index (χ0) is 11.7. The summed E-state index contributed by atoms with van der Waals surface area (Å²) < 4.78 is 5.24. The first-order valence-corrected chi connectivity index (χ1v) is 5.61. The quantitative estimate of drug-likeness (QED) is 0.841.